The van der Waals surface area contributed by atoms with Gasteiger partial charge < -0.3 is 5.32 Å². The molecule has 0 radical (unpaired) electrons. The summed E-state index contributed by atoms with van der Waals surface area (Å²) in [5, 5.41) is 14.6. The van der Waals surface area contributed by atoms with Gasteiger partial charge in [-0.1, -0.05) is 48.5 Å². The second kappa shape index (κ2) is 8.92. The number of halogens is 1. The number of hydrogen-bond acceptors (Lipinski definition) is 3. The van der Waals surface area contributed by atoms with Gasteiger partial charge in [0.1, 0.15) is 11.5 Å². The van der Waals surface area contributed by atoms with Gasteiger partial charge in [-0.15, -0.1) is 0 Å². The van der Waals surface area contributed by atoms with Crippen LogP contribution in [0.15, 0.2) is 97.2 Å². The van der Waals surface area contributed by atoms with Crippen molar-refractivity contribution in [3.05, 3.63) is 114 Å². The molecule has 0 unspecified atom stereocenters. The molecular weight excluding hydrogens is 417 g/mol. The molecule has 0 aliphatic rings. The van der Waals surface area contributed by atoms with E-state index in [1.807, 2.05) is 71.5 Å². The molecule has 2 heterocycles. The van der Waals surface area contributed by atoms with E-state index in [1.165, 1.54) is 12.1 Å². The lowest BCUT2D eigenvalue weighted by Gasteiger charge is -2.04. The third-order valence-corrected chi connectivity index (χ3v) is 5.26. The van der Waals surface area contributed by atoms with Crippen LogP contribution >= 0.6 is 0 Å². The molecule has 0 bridgehead atoms. The molecule has 33 heavy (non-hydrogen) atoms. The molecule has 7 heteroatoms. The van der Waals surface area contributed by atoms with Gasteiger partial charge in [-0.3, -0.25) is 9.89 Å². The molecule has 0 aliphatic heterocycles. The fourth-order valence-corrected chi connectivity index (χ4v) is 3.57. The minimum absolute atomic E-state index is 0.290. The second-order valence-corrected chi connectivity index (χ2v) is 7.51. The third kappa shape index (κ3) is 4.43. The fraction of sp³-hybridized carbons (Fsp3) is 0.0385. The minimum atomic E-state index is -0.322. The maximum absolute atomic E-state index is 13.2. The first-order valence-corrected chi connectivity index (χ1v) is 10.5. The maximum Gasteiger partial charge on any atom is 0.269 e. The fourth-order valence-electron chi connectivity index (χ4n) is 3.57. The van der Waals surface area contributed by atoms with E-state index in [0.717, 1.165) is 28.1 Å². The minimum Gasteiger partial charge on any atom is -0.347 e. The van der Waals surface area contributed by atoms with E-state index < -0.39 is 0 Å². The smallest absolute Gasteiger partial charge is 0.269 e. The van der Waals surface area contributed by atoms with Gasteiger partial charge in [0.25, 0.3) is 5.91 Å². The Morgan fingerprint density at radius 2 is 1.61 bits per heavy atom. The lowest BCUT2D eigenvalue weighted by Crippen LogP contribution is -2.23. The molecule has 1 amide bonds. The Kier molecular flexibility index (Phi) is 5.51. The molecule has 3 aromatic carbocycles. The zero-order chi connectivity index (χ0) is 22.6. The number of aromatic amines is 1. The van der Waals surface area contributed by atoms with Crippen molar-refractivity contribution in [3.63, 3.8) is 0 Å². The number of hydrogen-bond donors (Lipinski definition) is 2. The first-order valence-electron chi connectivity index (χ1n) is 10.5. The average Bonchev–Trinajstić information content (AvgIpc) is 3.52. The van der Waals surface area contributed by atoms with Gasteiger partial charge >= 0.3 is 0 Å². The largest absolute Gasteiger partial charge is 0.347 e. The number of amides is 1. The molecule has 0 spiro atoms. The molecule has 0 aliphatic carbocycles. The quantitative estimate of drug-likeness (QED) is 0.393. The number of nitrogens with zero attached hydrogens (tertiary/aromatic N) is 3. The summed E-state index contributed by atoms with van der Waals surface area (Å²) in [7, 11) is 0. The summed E-state index contributed by atoms with van der Waals surface area (Å²) in [6.07, 6.45) is 1.93. The van der Waals surface area contributed by atoms with E-state index in [2.05, 4.69) is 15.5 Å². The van der Waals surface area contributed by atoms with Crippen LogP contribution < -0.4 is 5.32 Å². The van der Waals surface area contributed by atoms with Crippen molar-refractivity contribution in [1.82, 2.24) is 25.3 Å². The first kappa shape index (κ1) is 20.4. The van der Waals surface area contributed by atoms with E-state index in [9.17, 15) is 9.18 Å². The van der Waals surface area contributed by atoms with Gasteiger partial charge in [0.2, 0.25) is 0 Å². The zero-order valence-electron chi connectivity index (χ0n) is 17.6. The standard InChI is InChI=1S/C26H20FN5O/c27-21-13-11-18(12-14-21)23-15-24(30-29-23)26(33)28-16-20-17-32(22-9-5-2-6-10-22)31-25(20)19-7-3-1-4-8-19/h1-15,17H,16H2,(H,28,33)(H,29,30). The molecule has 0 atom stereocenters. The highest BCUT2D eigenvalue weighted by Crippen LogP contribution is 2.24. The predicted molar refractivity (Wildman–Crippen MR) is 124 cm³/mol. The van der Waals surface area contributed by atoms with E-state index in [1.54, 1.807) is 18.2 Å². The van der Waals surface area contributed by atoms with E-state index >= 15 is 0 Å². The number of carbonyl (C=O) groups excluding carboxylic acids is 1. The highest BCUT2D eigenvalue weighted by Gasteiger charge is 2.15. The van der Waals surface area contributed by atoms with E-state index in [0.29, 0.717) is 17.9 Å². The number of nitrogens with one attached hydrogen (secondary N) is 2. The first-order chi connectivity index (χ1) is 16.2. The van der Waals surface area contributed by atoms with Crippen molar-refractivity contribution in [2.45, 2.75) is 6.54 Å². The second-order valence-electron chi connectivity index (χ2n) is 7.51. The van der Waals surface area contributed by atoms with Crippen LogP contribution in [0, 0.1) is 5.82 Å². The van der Waals surface area contributed by atoms with Crippen LogP contribution in [-0.2, 0) is 6.54 Å². The van der Waals surface area contributed by atoms with Gasteiger partial charge in [0.05, 0.1) is 17.1 Å². The summed E-state index contributed by atoms with van der Waals surface area (Å²) in [6.45, 7) is 0.292. The Hall–Kier alpha value is -4.52. The summed E-state index contributed by atoms with van der Waals surface area (Å²) in [5.41, 5.74) is 5.21. The van der Waals surface area contributed by atoms with E-state index in [4.69, 9.17) is 5.10 Å². The van der Waals surface area contributed by atoms with E-state index in [-0.39, 0.29) is 11.7 Å². The Morgan fingerprint density at radius 1 is 0.909 bits per heavy atom. The number of H-pyrrole nitrogens is 1. The van der Waals surface area contributed by atoms with Gasteiger partial charge in [0, 0.05) is 29.4 Å². The molecule has 5 aromatic rings. The van der Waals surface area contributed by atoms with Crippen LogP contribution in [0.3, 0.4) is 0 Å². The van der Waals surface area contributed by atoms with Crippen molar-refractivity contribution in [2.75, 3.05) is 0 Å². The van der Waals surface area contributed by atoms with Crippen LogP contribution in [0.25, 0.3) is 28.2 Å². The molecule has 6 nitrogen and oxygen atoms in total. The van der Waals surface area contributed by atoms with Crippen molar-refractivity contribution in [3.8, 4) is 28.2 Å². The van der Waals surface area contributed by atoms with Gasteiger partial charge in [-0.2, -0.15) is 10.2 Å². The molecule has 5 rings (SSSR count). The maximum atomic E-state index is 13.2. The molecule has 2 aromatic heterocycles. The highest BCUT2D eigenvalue weighted by atomic mass is 19.1. The summed E-state index contributed by atoms with van der Waals surface area (Å²) in [5.74, 6) is -0.611. The number of aromatic nitrogens is 4. The summed E-state index contributed by atoms with van der Waals surface area (Å²) >= 11 is 0. The lowest BCUT2D eigenvalue weighted by molar-refractivity contribution is 0.0946. The van der Waals surface area contributed by atoms with Crippen LogP contribution in [0.4, 0.5) is 4.39 Å². The lowest BCUT2D eigenvalue weighted by atomic mass is 10.1. The Bertz CT molecular complexity index is 1380. The van der Waals surface area contributed by atoms with Gasteiger partial charge in [0.15, 0.2) is 0 Å². The molecule has 0 saturated carbocycles. The van der Waals surface area contributed by atoms with Crippen molar-refractivity contribution in [2.24, 2.45) is 0 Å². The normalized spacial score (nSPS) is 10.8. The van der Waals surface area contributed by atoms with Crippen molar-refractivity contribution >= 4 is 5.91 Å². The number of rotatable bonds is 6. The van der Waals surface area contributed by atoms with Gasteiger partial charge in [-0.25, -0.2) is 9.07 Å². The third-order valence-electron chi connectivity index (χ3n) is 5.26. The molecule has 162 valence electrons. The summed E-state index contributed by atoms with van der Waals surface area (Å²) in [4.78, 5) is 12.8. The Labute approximate surface area is 189 Å². The average molecular weight is 437 g/mol. The molecule has 0 fully saturated rings. The highest BCUT2D eigenvalue weighted by molar-refractivity contribution is 5.93. The topological polar surface area (TPSA) is 75.6 Å². The predicted octanol–water partition coefficient (Wildman–Crippen LogP) is 5.00. The molecular formula is C26H20FN5O. The Morgan fingerprint density at radius 3 is 2.33 bits per heavy atom. The molecule has 0 saturated heterocycles. The van der Waals surface area contributed by atoms with Crippen LogP contribution in [-0.4, -0.2) is 25.9 Å². The summed E-state index contributed by atoms with van der Waals surface area (Å²) < 4.78 is 15.0. The van der Waals surface area contributed by atoms with Crippen LogP contribution in [0.1, 0.15) is 16.1 Å². The zero-order valence-corrected chi connectivity index (χ0v) is 17.6. The number of carbonyl (C=O) groups is 1. The van der Waals surface area contributed by atoms with Crippen LogP contribution in [0.2, 0.25) is 0 Å². The number of para-hydroxylation sites is 1. The summed E-state index contributed by atoms with van der Waals surface area (Å²) in [6, 6.07) is 27.3. The Balaban J connectivity index is 1.37. The monoisotopic (exact) mass is 437 g/mol. The van der Waals surface area contributed by atoms with Crippen molar-refractivity contribution in [1.29, 1.82) is 0 Å². The number of benzene rings is 3. The SMILES string of the molecule is O=C(NCc1cn(-c2ccccc2)nc1-c1ccccc1)c1cc(-c2ccc(F)cc2)n[nH]1. The molecule has 2 N–H and O–H groups in total. The van der Waals surface area contributed by atoms with Crippen LogP contribution in [0.5, 0.6) is 0 Å². The van der Waals surface area contributed by atoms with Crippen molar-refractivity contribution < 1.29 is 9.18 Å². The van der Waals surface area contributed by atoms with Gasteiger partial charge in [-0.05, 0) is 42.5 Å².